The number of halogens is 3. The van der Waals surface area contributed by atoms with Crippen LogP contribution in [0.3, 0.4) is 0 Å². The van der Waals surface area contributed by atoms with Crippen molar-refractivity contribution in [2.24, 2.45) is 4.99 Å². The number of nitrogens with one attached hydrogen (secondary N) is 1. The molecule has 2 heterocycles. The van der Waals surface area contributed by atoms with E-state index in [0.29, 0.717) is 0 Å². The first-order valence-corrected chi connectivity index (χ1v) is 8.70. The topological polar surface area (TPSA) is 29.3 Å². The van der Waals surface area contributed by atoms with Crippen molar-refractivity contribution in [1.29, 1.82) is 0 Å². The molecule has 130 valence electrons. The van der Waals surface area contributed by atoms with Gasteiger partial charge in [0.2, 0.25) is 0 Å². The van der Waals surface area contributed by atoms with Crippen molar-refractivity contribution in [2.75, 3.05) is 13.1 Å². The molecule has 3 aromatic rings. The van der Waals surface area contributed by atoms with Gasteiger partial charge >= 0.3 is 0 Å². The number of hydrogen-bond donors (Lipinski definition) is 1. The van der Waals surface area contributed by atoms with Gasteiger partial charge in [-0.2, -0.15) is 0 Å². The summed E-state index contributed by atoms with van der Waals surface area (Å²) in [6, 6.07) is 14.0. The number of aromatic nitrogens is 1. The van der Waals surface area contributed by atoms with Crippen molar-refractivity contribution in [3.63, 3.8) is 0 Å². The molecule has 0 amide bonds. The van der Waals surface area contributed by atoms with Crippen molar-refractivity contribution in [3.8, 4) is 0 Å². The van der Waals surface area contributed by atoms with Gasteiger partial charge in [-0.1, -0.05) is 35.3 Å². The molecule has 0 aliphatic carbocycles. The van der Waals surface area contributed by atoms with E-state index >= 15 is 0 Å². The number of amidine groups is 1. The Bertz CT molecular complexity index is 943. The first-order chi connectivity index (χ1) is 11.6. The van der Waals surface area contributed by atoms with E-state index in [0.717, 1.165) is 46.5 Å². The average molecular weight is 395 g/mol. The molecule has 25 heavy (non-hydrogen) atoms. The molecule has 0 fully saturated rings. The molecular weight excluding hydrogens is 377 g/mol. The molecule has 4 rings (SSSR count). The average Bonchev–Trinajstić information content (AvgIpc) is 3.17. The third-order valence-electron chi connectivity index (χ3n) is 4.45. The summed E-state index contributed by atoms with van der Waals surface area (Å²) in [6.07, 6.45) is 0. The van der Waals surface area contributed by atoms with E-state index in [1.54, 1.807) is 0 Å². The maximum Gasteiger partial charge on any atom is 0.130 e. The number of rotatable bonds is 3. The van der Waals surface area contributed by atoms with Crippen molar-refractivity contribution >= 4 is 52.3 Å². The Kier molecular flexibility index (Phi) is 5.28. The molecule has 3 nitrogen and oxygen atoms in total. The van der Waals surface area contributed by atoms with Crippen LogP contribution in [0.15, 0.2) is 47.5 Å². The first kappa shape index (κ1) is 18.1. The van der Waals surface area contributed by atoms with Crippen molar-refractivity contribution in [3.05, 3.63) is 69.3 Å². The fraction of sp³-hybridized carbons (Fsp3) is 0.211. The molecule has 6 heteroatoms. The summed E-state index contributed by atoms with van der Waals surface area (Å²) in [4.78, 5) is 4.61. The summed E-state index contributed by atoms with van der Waals surface area (Å²) >= 11 is 12.3. The molecule has 0 saturated carbocycles. The molecule has 0 saturated heterocycles. The second kappa shape index (κ2) is 7.28. The molecule has 0 bridgehead atoms. The highest BCUT2D eigenvalue weighted by Crippen LogP contribution is 2.30. The lowest BCUT2D eigenvalue weighted by Gasteiger charge is -2.09. The van der Waals surface area contributed by atoms with E-state index in [9.17, 15) is 0 Å². The quantitative estimate of drug-likeness (QED) is 0.660. The van der Waals surface area contributed by atoms with Crippen LogP contribution in [0.1, 0.15) is 16.8 Å². The SMILES string of the molecule is Cc1c(C2=NCCN2)c2cc(Cl)ccc2n1Cc1ccc(Cl)cc1.Cl. The lowest BCUT2D eigenvalue weighted by atomic mass is 10.1. The van der Waals surface area contributed by atoms with Gasteiger partial charge in [0.05, 0.1) is 6.54 Å². The molecular formula is C19H18Cl3N3. The number of nitrogens with zero attached hydrogens (tertiary/aromatic N) is 2. The van der Waals surface area contributed by atoms with Crippen LogP contribution in [0, 0.1) is 6.92 Å². The minimum atomic E-state index is 0. The zero-order valence-electron chi connectivity index (χ0n) is 13.7. The fourth-order valence-corrected chi connectivity index (χ4v) is 3.59. The number of benzene rings is 2. The summed E-state index contributed by atoms with van der Waals surface area (Å²) in [7, 11) is 0. The Balaban J connectivity index is 0.00000182. The van der Waals surface area contributed by atoms with Gasteiger partial charge in [-0.25, -0.2) is 0 Å². The van der Waals surface area contributed by atoms with Crippen LogP contribution < -0.4 is 5.32 Å². The van der Waals surface area contributed by atoms with E-state index in [1.807, 2.05) is 24.3 Å². The van der Waals surface area contributed by atoms with Crippen molar-refractivity contribution < 1.29 is 0 Å². The highest BCUT2D eigenvalue weighted by atomic mass is 35.5. The zero-order valence-corrected chi connectivity index (χ0v) is 16.0. The largest absolute Gasteiger partial charge is 0.368 e. The summed E-state index contributed by atoms with van der Waals surface area (Å²) in [5.74, 6) is 0.967. The van der Waals surface area contributed by atoms with E-state index in [1.165, 1.54) is 16.8 Å². The van der Waals surface area contributed by atoms with Gasteiger partial charge in [0, 0.05) is 45.3 Å². The molecule has 1 aliphatic heterocycles. The van der Waals surface area contributed by atoms with Crippen molar-refractivity contribution in [2.45, 2.75) is 13.5 Å². The third kappa shape index (κ3) is 3.37. The van der Waals surface area contributed by atoms with Gasteiger partial charge in [0.25, 0.3) is 0 Å². The number of fused-ring (bicyclic) bond motifs is 1. The van der Waals surface area contributed by atoms with E-state index in [2.05, 4.69) is 40.0 Å². The van der Waals surface area contributed by atoms with Crippen LogP contribution in [0.4, 0.5) is 0 Å². The summed E-state index contributed by atoms with van der Waals surface area (Å²) in [6.45, 7) is 4.63. The minimum Gasteiger partial charge on any atom is -0.368 e. The molecule has 0 radical (unpaired) electrons. The zero-order chi connectivity index (χ0) is 16.7. The highest BCUT2D eigenvalue weighted by molar-refractivity contribution is 6.31. The smallest absolute Gasteiger partial charge is 0.130 e. The van der Waals surface area contributed by atoms with Crippen LogP contribution in [0.5, 0.6) is 0 Å². The first-order valence-electron chi connectivity index (χ1n) is 7.95. The molecule has 1 aromatic heterocycles. The number of aliphatic imine (C=N–C) groups is 1. The van der Waals surface area contributed by atoms with Crippen LogP contribution >= 0.6 is 35.6 Å². The summed E-state index contributed by atoms with van der Waals surface area (Å²) in [5, 5.41) is 6.02. The van der Waals surface area contributed by atoms with E-state index in [4.69, 9.17) is 23.2 Å². The normalized spacial score (nSPS) is 13.5. The van der Waals surface area contributed by atoms with Gasteiger partial charge in [-0.3, -0.25) is 4.99 Å². The molecule has 1 aliphatic rings. The predicted molar refractivity (Wildman–Crippen MR) is 109 cm³/mol. The third-order valence-corrected chi connectivity index (χ3v) is 4.94. The summed E-state index contributed by atoms with van der Waals surface area (Å²) < 4.78 is 2.31. The maximum atomic E-state index is 6.25. The predicted octanol–water partition coefficient (Wildman–Crippen LogP) is 5.08. The van der Waals surface area contributed by atoms with Gasteiger partial charge in [0.15, 0.2) is 0 Å². The van der Waals surface area contributed by atoms with Crippen LogP contribution in [0.25, 0.3) is 10.9 Å². The van der Waals surface area contributed by atoms with Gasteiger partial charge in [-0.15, -0.1) is 12.4 Å². The standard InChI is InChI=1S/C19H17Cl2N3.ClH/c1-12-18(19-22-8-9-23-19)16-10-15(21)6-7-17(16)24(12)11-13-2-4-14(20)5-3-13;/h2-7,10H,8-9,11H2,1H3,(H,22,23);1H. The second-order valence-electron chi connectivity index (χ2n) is 5.99. The second-order valence-corrected chi connectivity index (χ2v) is 6.86. The molecule has 1 N–H and O–H groups in total. The Labute approximate surface area is 163 Å². The number of hydrogen-bond acceptors (Lipinski definition) is 2. The lowest BCUT2D eigenvalue weighted by Crippen LogP contribution is -2.20. The van der Waals surface area contributed by atoms with Gasteiger partial charge < -0.3 is 9.88 Å². The van der Waals surface area contributed by atoms with Gasteiger partial charge in [0.1, 0.15) is 5.84 Å². The molecule has 0 atom stereocenters. The molecule has 0 unspecified atom stereocenters. The fourth-order valence-electron chi connectivity index (χ4n) is 3.29. The Morgan fingerprint density at radius 1 is 1.08 bits per heavy atom. The van der Waals surface area contributed by atoms with Crippen molar-refractivity contribution in [1.82, 2.24) is 9.88 Å². The van der Waals surface area contributed by atoms with E-state index < -0.39 is 0 Å². The molecule has 0 spiro atoms. The van der Waals surface area contributed by atoms with E-state index in [-0.39, 0.29) is 12.4 Å². The van der Waals surface area contributed by atoms with Gasteiger partial charge in [-0.05, 0) is 42.8 Å². The van der Waals surface area contributed by atoms with Crippen LogP contribution in [0.2, 0.25) is 10.0 Å². The Morgan fingerprint density at radius 3 is 2.48 bits per heavy atom. The summed E-state index contributed by atoms with van der Waals surface area (Å²) in [5.41, 5.74) is 4.72. The van der Waals surface area contributed by atoms with Crippen LogP contribution in [-0.2, 0) is 6.54 Å². The Morgan fingerprint density at radius 2 is 1.80 bits per heavy atom. The highest BCUT2D eigenvalue weighted by Gasteiger charge is 2.20. The van der Waals surface area contributed by atoms with Crippen LogP contribution in [-0.4, -0.2) is 23.5 Å². The maximum absolute atomic E-state index is 6.25. The lowest BCUT2D eigenvalue weighted by molar-refractivity contribution is 0.803. The monoisotopic (exact) mass is 393 g/mol. The molecule has 2 aromatic carbocycles. The minimum absolute atomic E-state index is 0. The Hall–Kier alpha value is -1.68.